The number of hydrogen-bond acceptors (Lipinski definition) is 3. The molecule has 1 N–H and O–H groups in total. The predicted molar refractivity (Wildman–Crippen MR) is 65.5 cm³/mol. The Balaban J connectivity index is 2.57. The van der Waals surface area contributed by atoms with E-state index in [2.05, 4.69) is 0 Å². The van der Waals surface area contributed by atoms with Crippen molar-refractivity contribution in [3.63, 3.8) is 0 Å². The van der Waals surface area contributed by atoms with E-state index in [0.29, 0.717) is 0 Å². The van der Waals surface area contributed by atoms with Crippen molar-refractivity contribution in [1.29, 1.82) is 0 Å². The molecule has 0 saturated heterocycles. The summed E-state index contributed by atoms with van der Waals surface area (Å²) in [4.78, 5) is 10.3. The number of sulfone groups is 1. The summed E-state index contributed by atoms with van der Waals surface area (Å²) in [7, 11) is -3.21. The highest BCUT2D eigenvalue weighted by atomic mass is 32.2. The van der Waals surface area contributed by atoms with Crippen molar-refractivity contribution in [2.75, 3.05) is 5.75 Å². The van der Waals surface area contributed by atoms with Crippen LogP contribution in [0.2, 0.25) is 0 Å². The maximum atomic E-state index is 11.7. The highest BCUT2D eigenvalue weighted by Gasteiger charge is 2.12. The maximum Gasteiger partial charge on any atom is 0.303 e. The van der Waals surface area contributed by atoms with E-state index < -0.39 is 15.8 Å². The van der Waals surface area contributed by atoms with Gasteiger partial charge in [0.05, 0.1) is 11.5 Å². The molecule has 0 spiro atoms. The largest absolute Gasteiger partial charge is 0.481 e. The molecule has 0 bridgehead atoms. The second-order valence-corrected chi connectivity index (χ2v) is 6.26. The molecule has 0 amide bonds. The van der Waals surface area contributed by atoms with Gasteiger partial charge in [0.15, 0.2) is 9.84 Å². The predicted octanol–water partition coefficient (Wildman–Crippen LogP) is 1.77. The summed E-state index contributed by atoms with van der Waals surface area (Å²) in [6.07, 6.45) is 0.0660. The van der Waals surface area contributed by atoms with Gasteiger partial charge in [0.25, 0.3) is 0 Å². The topological polar surface area (TPSA) is 71.4 Å². The molecule has 1 rings (SSSR count). The summed E-state index contributed by atoms with van der Waals surface area (Å²) >= 11 is 0. The van der Waals surface area contributed by atoms with Crippen molar-refractivity contribution >= 4 is 15.8 Å². The molecule has 0 aliphatic rings. The highest BCUT2D eigenvalue weighted by Crippen LogP contribution is 2.10. The number of hydrogen-bond donors (Lipinski definition) is 1. The molecule has 0 fully saturated rings. The zero-order chi connectivity index (χ0) is 12.9. The van der Waals surface area contributed by atoms with Crippen molar-refractivity contribution in [2.45, 2.75) is 25.5 Å². The zero-order valence-electron chi connectivity index (χ0n) is 9.72. The van der Waals surface area contributed by atoms with Gasteiger partial charge in [-0.25, -0.2) is 8.42 Å². The lowest BCUT2D eigenvalue weighted by Crippen LogP contribution is -2.11. The average Bonchev–Trinajstić information content (AvgIpc) is 2.15. The molecule has 0 aliphatic carbocycles. The molecule has 1 aromatic rings. The van der Waals surface area contributed by atoms with E-state index in [1.807, 2.05) is 25.1 Å². The van der Waals surface area contributed by atoms with Gasteiger partial charge in [0, 0.05) is 6.42 Å². The smallest absolute Gasteiger partial charge is 0.303 e. The van der Waals surface area contributed by atoms with E-state index in [0.717, 1.165) is 11.1 Å². The van der Waals surface area contributed by atoms with Crippen LogP contribution in [0.1, 0.15) is 24.0 Å². The van der Waals surface area contributed by atoms with E-state index >= 15 is 0 Å². The number of benzene rings is 1. The first-order valence-corrected chi connectivity index (χ1v) is 7.19. The Morgan fingerprint density at radius 3 is 2.65 bits per heavy atom. The molecule has 0 atom stereocenters. The molecule has 94 valence electrons. The van der Waals surface area contributed by atoms with Gasteiger partial charge in [0.1, 0.15) is 0 Å². The van der Waals surface area contributed by atoms with Crippen LogP contribution in [0.5, 0.6) is 0 Å². The molecule has 0 heterocycles. The minimum Gasteiger partial charge on any atom is -0.481 e. The Bertz CT molecular complexity index is 491. The monoisotopic (exact) mass is 256 g/mol. The molecule has 4 nitrogen and oxygen atoms in total. The second-order valence-electron chi connectivity index (χ2n) is 4.08. The van der Waals surface area contributed by atoms with Gasteiger partial charge >= 0.3 is 5.97 Å². The van der Waals surface area contributed by atoms with Gasteiger partial charge in [-0.1, -0.05) is 29.8 Å². The Kier molecular flexibility index (Phi) is 4.69. The van der Waals surface area contributed by atoms with Crippen molar-refractivity contribution in [3.8, 4) is 0 Å². The van der Waals surface area contributed by atoms with Crippen molar-refractivity contribution in [3.05, 3.63) is 35.4 Å². The van der Waals surface area contributed by atoms with Gasteiger partial charge in [-0.15, -0.1) is 0 Å². The molecule has 5 heteroatoms. The van der Waals surface area contributed by atoms with E-state index in [-0.39, 0.29) is 24.3 Å². The minimum absolute atomic E-state index is 0.0195. The number of carboxylic acids is 1. The van der Waals surface area contributed by atoms with Gasteiger partial charge in [-0.3, -0.25) is 4.79 Å². The van der Waals surface area contributed by atoms with Crippen LogP contribution in [0.25, 0.3) is 0 Å². The third-order valence-corrected chi connectivity index (χ3v) is 4.00. The fourth-order valence-corrected chi connectivity index (χ4v) is 2.99. The quantitative estimate of drug-likeness (QED) is 0.842. The van der Waals surface area contributed by atoms with E-state index in [9.17, 15) is 13.2 Å². The third kappa shape index (κ3) is 5.49. The van der Waals surface area contributed by atoms with Crippen LogP contribution in [0, 0.1) is 6.92 Å². The lowest BCUT2D eigenvalue weighted by molar-refractivity contribution is -0.137. The first kappa shape index (κ1) is 13.7. The van der Waals surface area contributed by atoms with Crippen LogP contribution >= 0.6 is 0 Å². The van der Waals surface area contributed by atoms with Crippen LogP contribution in [-0.4, -0.2) is 25.2 Å². The maximum absolute atomic E-state index is 11.7. The van der Waals surface area contributed by atoms with E-state index in [1.165, 1.54) is 0 Å². The van der Waals surface area contributed by atoms with Crippen molar-refractivity contribution in [1.82, 2.24) is 0 Å². The van der Waals surface area contributed by atoms with Crippen LogP contribution in [0.4, 0.5) is 0 Å². The lowest BCUT2D eigenvalue weighted by Gasteiger charge is -2.04. The van der Waals surface area contributed by atoms with Crippen LogP contribution in [0.3, 0.4) is 0 Å². The number of aryl methyl sites for hydroxylation is 1. The molecule has 0 saturated carbocycles. The fraction of sp³-hybridized carbons (Fsp3) is 0.417. The first-order chi connectivity index (χ1) is 7.89. The van der Waals surface area contributed by atoms with Gasteiger partial charge in [0.2, 0.25) is 0 Å². The second kappa shape index (κ2) is 5.82. The Hall–Kier alpha value is -1.36. The summed E-state index contributed by atoms with van der Waals surface area (Å²) < 4.78 is 23.4. The normalized spacial score (nSPS) is 11.4. The molecule has 0 aromatic heterocycles. The summed E-state index contributed by atoms with van der Waals surface area (Å²) in [5.41, 5.74) is 1.77. The van der Waals surface area contributed by atoms with Crippen LogP contribution < -0.4 is 0 Å². The van der Waals surface area contributed by atoms with Gasteiger partial charge in [-0.05, 0) is 18.9 Å². The number of aliphatic carboxylic acids is 1. The molecule has 0 unspecified atom stereocenters. The molecule has 0 aliphatic heterocycles. The average molecular weight is 256 g/mol. The minimum atomic E-state index is -3.21. The van der Waals surface area contributed by atoms with Crippen molar-refractivity contribution < 1.29 is 18.3 Å². The first-order valence-electron chi connectivity index (χ1n) is 5.37. The number of carbonyl (C=O) groups is 1. The molecule has 0 radical (unpaired) electrons. The summed E-state index contributed by atoms with van der Waals surface area (Å²) in [6.45, 7) is 1.90. The van der Waals surface area contributed by atoms with Crippen LogP contribution in [-0.2, 0) is 20.4 Å². The Labute approximate surface area is 101 Å². The van der Waals surface area contributed by atoms with Crippen molar-refractivity contribution in [2.24, 2.45) is 0 Å². The Morgan fingerprint density at radius 1 is 1.35 bits per heavy atom. The Morgan fingerprint density at radius 2 is 2.06 bits per heavy atom. The summed E-state index contributed by atoms with van der Waals surface area (Å²) in [6, 6.07) is 7.31. The zero-order valence-corrected chi connectivity index (χ0v) is 10.5. The SMILES string of the molecule is Cc1cccc(CS(=O)(=O)CCCC(=O)O)c1. The third-order valence-electron chi connectivity index (χ3n) is 2.32. The molecular weight excluding hydrogens is 240 g/mol. The van der Waals surface area contributed by atoms with Crippen LogP contribution in [0.15, 0.2) is 24.3 Å². The van der Waals surface area contributed by atoms with E-state index in [1.54, 1.807) is 6.07 Å². The highest BCUT2D eigenvalue weighted by molar-refractivity contribution is 7.90. The van der Waals surface area contributed by atoms with E-state index in [4.69, 9.17) is 5.11 Å². The van der Waals surface area contributed by atoms with Gasteiger partial charge in [-0.2, -0.15) is 0 Å². The molecular formula is C12H16O4S. The molecule has 17 heavy (non-hydrogen) atoms. The number of rotatable bonds is 6. The number of carboxylic acid groups (broad SMARTS) is 1. The standard InChI is InChI=1S/C12H16O4S/c1-10-4-2-5-11(8-10)9-17(15,16)7-3-6-12(13)14/h2,4-5,8H,3,6-7,9H2,1H3,(H,13,14). The molecule has 1 aromatic carbocycles. The fourth-order valence-electron chi connectivity index (χ4n) is 1.57. The summed E-state index contributed by atoms with van der Waals surface area (Å²) in [5, 5.41) is 8.44. The lowest BCUT2D eigenvalue weighted by atomic mass is 10.2. The summed E-state index contributed by atoms with van der Waals surface area (Å²) in [5.74, 6) is -1.06. The van der Waals surface area contributed by atoms with Gasteiger partial charge < -0.3 is 5.11 Å².